The van der Waals surface area contributed by atoms with Crippen LogP contribution in [-0.2, 0) is 4.74 Å². The monoisotopic (exact) mass is 306 g/mol. The molecule has 7 nitrogen and oxygen atoms in total. The predicted octanol–water partition coefficient (Wildman–Crippen LogP) is 1.61. The van der Waals surface area contributed by atoms with Crippen molar-refractivity contribution in [3.63, 3.8) is 0 Å². The number of likely N-dealkylation sites (tertiary alicyclic amines) is 1. The highest BCUT2D eigenvalue weighted by Gasteiger charge is 2.27. The number of hydrogen-bond donors (Lipinski definition) is 1. The van der Waals surface area contributed by atoms with Crippen molar-refractivity contribution in [2.45, 2.75) is 45.3 Å². The first-order valence-electron chi connectivity index (χ1n) is 7.40. The van der Waals surface area contributed by atoms with Crippen LogP contribution in [0.15, 0.2) is 18.6 Å². The van der Waals surface area contributed by atoms with Gasteiger partial charge in [0, 0.05) is 31.5 Å². The fraction of sp³-hybridized carbons (Fsp3) is 0.600. The number of hydrogen-bond acceptors (Lipinski definition) is 5. The molecule has 0 spiro atoms. The second-order valence-electron chi connectivity index (χ2n) is 6.33. The molecule has 2 amide bonds. The average molecular weight is 306 g/mol. The Labute approximate surface area is 130 Å². The molecule has 1 aromatic heterocycles. The smallest absolute Gasteiger partial charge is 0.407 e. The summed E-state index contributed by atoms with van der Waals surface area (Å²) in [5.74, 6) is -0.163. The van der Waals surface area contributed by atoms with Crippen molar-refractivity contribution < 1.29 is 14.3 Å². The van der Waals surface area contributed by atoms with E-state index in [4.69, 9.17) is 4.74 Å². The lowest BCUT2D eigenvalue weighted by atomic mass is 10.1. The lowest BCUT2D eigenvalue weighted by Crippen LogP contribution is -2.50. The normalized spacial score (nSPS) is 18.7. The van der Waals surface area contributed by atoms with Crippen molar-refractivity contribution in [1.29, 1.82) is 0 Å². The molecule has 2 heterocycles. The SMILES string of the molecule is CC(C)(C)OC(=O)N[C@@H]1CCCN(C(=O)c2cnccn2)C1. The fourth-order valence-electron chi connectivity index (χ4n) is 2.33. The highest BCUT2D eigenvalue weighted by atomic mass is 16.6. The standard InChI is InChI=1S/C15H22N4O3/c1-15(2,3)22-14(21)18-11-5-4-8-19(10-11)13(20)12-9-16-6-7-17-12/h6-7,9,11H,4-5,8,10H2,1-3H3,(H,18,21)/t11-/m1/s1. The van der Waals surface area contributed by atoms with E-state index in [9.17, 15) is 9.59 Å². The number of alkyl carbamates (subject to hydrolysis) is 1. The minimum atomic E-state index is -0.534. The Morgan fingerprint density at radius 2 is 2.14 bits per heavy atom. The van der Waals surface area contributed by atoms with Crippen molar-refractivity contribution in [2.24, 2.45) is 0 Å². The zero-order valence-corrected chi connectivity index (χ0v) is 13.2. The van der Waals surface area contributed by atoms with Crippen molar-refractivity contribution >= 4 is 12.0 Å². The molecule has 1 aliphatic heterocycles. The summed E-state index contributed by atoms with van der Waals surface area (Å²) in [4.78, 5) is 33.8. The molecule has 1 atom stereocenters. The Bertz CT molecular complexity index is 527. The van der Waals surface area contributed by atoms with Gasteiger partial charge in [0.25, 0.3) is 5.91 Å². The van der Waals surface area contributed by atoms with Gasteiger partial charge in [-0.25, -0.2) is 9.78 Å². The van der Waals surface area contributed by atoms with Gasteiger partial charge in [-0.3, -0.25) is 9.78 Å². The maximum absolute atomic E-state index is 12.3. The molecule has 0 radical (unpaired) electrons. The fourth-order valence-corrected chi connectivity index (χ4v) is 2.33. The molecule has 1 saturated heterocycles. The molecule has 1 aliphatic rings. The van der Waals surface area contributed by atoms with E-state index in [2.05, 4.69) is 15.3 Å². The van der Waals surface area contributed by atoms with Crippen molar-refractivity contribution in [2.75, 3.05) is 13.1 Å². The third-order valence-electron chi connectivity index (χ3n) is 3.21. The average Bonchev–Trinajstić information content (AvgIpc) is 2.45. The van der Waals surface area contributed by atoms with Gasteiger partial charge < -0.3 is 15.0 Å². The van der Waals surface area contributed by atoms with Crippen molar-refractivity contribution in [3.05, 3.63) is 24.3 Å². The van der Waals surface area contributed by atoms with Gasteiger partial charge in [0.1, 0.15) is 11.3 Å². The third-order valence-corrected chi connectivity index (χ3v) is 3.21. The van der Waals surface area contributed by atoms with Crippen LogP contribution in [0.3, 0.4) is 0 Å². The van der Waals surface area contributed by atoms with Crippen LogP contribution in [-0.4, -0.2) is 51.6 Å². The van der Waals surface area contributed by atoms with E-state index in [1.54, 1.807) is 4.90 Å². The van der Waals surface area contributed by atoms with Crippen molar-refractivity contribution in [3.8, 4) is 0 Å². The number of aromatic nitrogens is 2. The molecule has 7 heteroatoms. The molecule has 0 bridgehead atoms. The zero-order chi connectivity index (χ0) is 16.2. The Hall–Kier alpha value is -2.18. The number of carbonyl (C=O) groups excluding carboxylic acids is 2. The number of nitrogens with zero attached hydrogens (tertiary/aromatic N) is 3. The van der Waals surface area contributed by atoms with Crippen LogP contribution in [0.5, 0.6) is 0 Å². The van der Waals surface area contributed by atoms with Gasteiger partial charge >= 0.3 is 6.09 Å². The molecular formula is C15H22N4O3. The zero-order valence-electron chi connectivity index (χ0n) is 13.2. The maximum atomic E-state index is 12.3. The summed E-state index contributed by atoms with van der Waals surface area (Å²) in [5.41, 5.74) is -0.214. The lowest BCUT2D eigenvalue weighted by molar-refractivity contribution is 0.0451. The lowest BCUT2D eigenvalue weighted by Gasteiger charge is -2.33. The Kier molecular flexibility index (Phi) is 4.95. The first-order chi connectivity index (χ1) is 10.3. The molecule has 2 rings (SSSR count). The summed E-state index contributed by atoms with van der Waals surface area (Å²) in [5, 5.41) is 2.82. The molecule has 0 aliphatic carbocycles. The molecule has 1 N–H and O–H groups in total. The topological polar surface area (TPSA) is 84.4 Å². The molecule has 1 fully saturated rings. The number of amides is 2. The molecular weight excluding hydrogens is 284 g/mol. The highest BCUT2D eigenvalue weighted by Crippen LogP contribution is 2.14. The minimum absolute atomic E-state index is 0.107. The second-order valence-corrected chi connectivity index (χ2v) is 6.33. The van der Waals surface area contributed by atoms with E-state index in [0.717, 1.165) is 12.8 Å². The van der Waals surface area contributed by atoms with Crippen LogP contribution in [0, 0.1) is 0 Å². The summed E-state index contributed by atoms with van der Waals surface area (Å²) in [6.07, 6.45) is 5.67. The Morgan fingerprint density at radius 1 is 1.36 bits per heavy atom. The van der Waals surface area contributed by atoms with Gasteiger partial charge in [-0.2, -0.15) is 0 Å². The predicted molar refractivity (Wildman–Crippen MR) is 80.3 cm³/mol. The van der Waals surface area contributed by atoms with Gasteiger partial charge in [0.05, 0.1) is 6.20 Å². The van der Waals surface area contributed by atoms with E-state index < -0.39 is 11.7 Å². The second kappa shape index (κ2) is 6.72. The third kappa shape index (κ3) is 4.68. The quantitative estimate of drug-likeness (QED) is 0.897. The molecule has 0 saturated carbocycles. The summed E-state index contributed by atoms with van der Waals surface area (Å²) in [6.45, 7) is 6.56. The molecule has 120 valence electrons. The summed E-state index contributed by atoms with van der Waals surface area (Å²) in [7, 11) is 0. The van der Waals surface area contributed by atoms with Crippen molar-refractivity contribution in [1.82, 2.24) is 20.2 Å². The summed E-state index contributed by atoms with van der Waals surface area (Å²) >= 11 is 0. The molecule has 22 heavy (non-hydrogen) atoms. The highest BCUT2D eigenvalue weighted by molar-refractivity contribution is 5.92. The van der Waals surface area contributed by atoms with Crippen LogP contribution in [0.25, 0.3) is 0 Å². The van der Waals surface area contributed by atoms with Gasteiger partial charge in [-0.05, 0) is 33.6 Å². The number of carbonyl (C=O) groups is 2. The van der Waals surface area contributed by atoms with Crippen LogP contribution >= 0.6 is 0 Å². The number of piperidine rings is 1. The molecule has 0 unspecified atom stereocenters. The number of nitrogens with one attached hydrogen (secondary N) is 1. The van der Waals surface area contributed by atoms with E-state index in [0.29, 0.717) is 18.8 Å². The molecule has 1 aromatic rings. The van der Waals surface area contributed by atoms with Gasteiger partial charge in [-0.15, -0.1) is 0 Å². The van der Waals surface area contributed by atoms with Crippen LogP contribution in [0.4, 0.5) is 4.79 Å². The van der Waals surface area contributed by atoms with E-state index in [-0.39, 0.29) is 11.9 Å². The molecule has 0 aromatic carbocycles. The summed E-state index contributed by atoms with van der Waals surface area (Å²) < 4.78 is 5.24. The largest absolute Gasteiger partial charge is 0.444 e. The van der Waals surface area contributed by atoms with Gasteiger partial charge in [0.15, 0.2) is 0 Å². The van der Waals surface area contributed by atoms with Gasteiger partial charge in [-0.1, -0.05) is 0 Å². The maximum Gasteiger partial charge on any atom is 0.407 e. The van der Waals surface area contributed by atoms with Crippen LogP contribution in [0.1, 0.15) is 44.1 Å². The van der Waals surface area contributed by atoms with E-state index >= 15 is 0 Å². The number of ether oxygens (including phenoxy) is 1. The van der Waals surface area contributed by atoms with Crippen LogP contribution < -0.4 is 5.32 Å². The summed E-state index contributed by atoms with van der Waals surface area (Å²) in [6, 6.07) is -0.107. The number of rotatable bonds is 2. The van der Waals surface area contributed by atoms with E-state index in [1.165, 1.54) is 18.6 Å². The first kappa shape index (κ1) is 16.2. The van der Waals surface area contributed by atoms with Crippen LogP contribution in [0.2, 0.25) is 0 Å². The minimum Gasteiger partial charge on any atom is -0.444 e. The van der Waals surface area contributed by atoms with Gasteiger partial charge in [0.2, 0.25) is 0 Å². The first-order valence-corrected chi connectivity index (χ1v) is 7.40. The van der Waals surface area contributed by atoms with E-state index in [1.807, 2.05) is 20.8 Å². The Balaban J connectivity index is 1.92. The Morgan fingerprint density at radius 3 is 2.77 bits per heavy atom.